The first-order valence-electron chi connectivity index (χ1n) is 11.3. The molecule has 7 rings (SSSR count). The molecule has 4 aliphatic rings. The lowest BCUT2D eigenvalue weighted by Crippen LogP contribution is -2.54. The lowest BCUT2D eigenvalue weighted by Gasteiger charge is -2.62. The van der Waals surface area contributed by atoms with Crippen LogP contribution in [0.5, 0.6) is 0 Å². The third-order valence-electron chi connectivity index (χ3n) is 8.61. The molecule has 0 radical (unpaired) electrons. The van der Waals surface area contributed by atoms with Crippen molar-refractivity contribution in [2.45, 2.75) is 57.8 Å². The van der Waals surface area contributed by atoms with Crippen LogP contribution in [0.1, 0.15) is 57.9 Å². The molecular formula is C25H29N5. The van der Waals surface area contributed by atoms with Crippen molar-refractivity contribution in [3.63, 3.8) is 0 Å². The van der Waals surface area contributed by atoms with Gasteiger partial charge in [0.2, 0.25) is 0 Å². The highest BCUT2D eigenvalue weighted by molar-refractivity contribution is 5.92. The Labute approximate surface area is 177 Å². The standard InChI is InChI=1S/C25H29N5/c1-24(2,25-10-15-7-16(11-25)9-17(8-15)12-25)19-13-28-14-20-21(19)22(26)30-23(29-20)18-3-5-27-6-4-18/h3-6,13-17H,7-12H2,1-2H3,(H2,26,29,30). The fourth-order valence-electron chi connectivity index (χ4n) is 7.38. The van der Waals surface area contributed by atoms with Gasteiger partial charge in [0.25, 0.3) is 0 Å². The van der Waals surface area contributed by atoms with E-state index < -0.39 is 0 Å². The van der Waals surface area contributed by atoms with Crippen molar-refractivity contribution >= 4 is 16.7 Å². The number of nitrogen functional groups attached to an aromatic ring is 1. The molecule has 0 unspecified atom stereocenters. The molecule has 3 aromatic rings. The largest absolute Gasteiger partial charge is 0.383 e. The molecule has 2 N–H and O–H groups in total. The van der Waals surface area contributed by atoms with Crippen molar-refractivity contribution in [3.8, 4) is 11.4 Å². The number of rotatable bonds is 3. The van der Waals surface area contributed by atoms with Gasteiger partial charge in [-0.2, -0.15) is 0 Å². The van der Waals surface area contributed by atoms with E-state index in [1.54, 1.807) is 12.4 Å². The number of anilines is 1. The van der Waals surface area contributed by atoms with Crippen LogP contribution in [0.3, 0.4) is 0 Å². The van der Waals surface area contributed by atoms with E-state index in [0.717, 1.165) is 34.2 Å². The first-order chi connectivity index (χ1) is 14.5. The van der Waals surface area contributed by atoms with Gasteiger partial charge in [-0.25, -0.2) is 9.97 Å². The second-order valence-corrected chi connectivity index (χ2v) is 10.6. The Bertz CT molecular complexity index is 1090. The van der Waals surface area contributed by atoms with Gasteiger partial charge in [0.15, 0.2) is 5.82 Å². The second kappa shape index (κ2) is 6.22. The molecule has 3 heterocycles. The molecule has 154 valence electrons. The van der Waals surface area contributed by atoms with E-state index in [9.17, 15) is 0 Å². The quantitative estimate of drug-likeness (QED) is 0.658. The van der Waals surface area contributed by atoms with Gasteiger partial charge in [-0.3, -0.25) is 9.97 Å². The summed E-state index contributed by atoms with van der Waals surface area (Å²) < 4.78 is 0. The Hall–Kier alpha value is -2.56. The number of pyridine rings is 2. The molecule has 3 aromatic heterocycles. The monoisotopic (exact) mass is 399 g/mol. The number of hydrogen-bond acceptors (Lipinski definition) is 5. The van der Waals surface area contributed by atoms with E-state index in [1.807, 2.05) is 24.5 Å². The highest BCUT2D eigenvalue weighted by Crippen LogP contribution is 2.66. The molecule has 30 heavy (non-hydrogen) atoms. The number of fused-ring (bicyclic) bond motifs is 1. The molecule has 4 saturated carbocycles. The van der Waals surface area contributed by atoms with Crippen molar-refractivity contribution in [2.24, 2.45) is 23.2 Å². The second-order valence-electron chi connectivity index (χ2n) is 10.6. The first-order valence-corrected chi connectivity index (χ1v) is 11.3. The van der Waals surface area contributed by atoms with Crippen molar-refractivity contribution in [3.05, 3.63) is 42.5 Å². The van der Waals surface area contributed by atoms with Gasteiger partial charge < -0.3 is 5.73 Å². The molecule has 0 atom stereocenters. The summed E-state index contributed by atoms with van der Waals surface area (Å²) >= 11 is 0. The summed E-state index contributed by atoms with van der Waals surface area (Å²) in [6, 6.07) is 3.83. The fraction of sp³-hybridized carbons (Fsp3) is 0.520. The van der Waals surface area contributed by atoms with E-state index in [-0.39, 0.29) is 5.41 Å². The molecule has 4 aliphatic carbocycles. The van der Waals surface area contributed by atoms with E-state index >= 15 is 0 Å². The fourth-order valence-corrected chi connectivity index (χ4v) is 7.38. The van der Waals surface area contributed by atoms with Crippen molar-refractivity contribution in [1.29, 1.82) is 0 Å². The van der Waals surface area contributed by atoms with E-state index in [4.69, 9.17) is 15.7 Å². The maximum Gasteiger partial charge on any atom is 0.162 e. The van der Waals surface area contributed by atoms with Gasteiger partial charge in [0.1, 0.15) is 5.82 Å². The topological polar surface area (TPSA) is 77.6 Å². The summed E-state index contributed by atoms with van der Waals surface area (Å²) in [4.78, 5) is 18.3. The molecular weight excluding hydrogens is 370 g/mol. The highest BCUT2D eigenvalue weighted by Gasteiger charge is 2.57. The Balaban J connectivity index is 1.50. The van der Waals surface area contributed by atoms with Crippen LogP contribution in [0.2, 0.25) is 0 Å². The third kappa shape index (κ3) is 2.53. The summed E-state index contributed by atoms with van der Waals surface area (Å²) in [5, 5.41) is 0.989. The summed E-state index contributed by atoms with van der Waals surface area (Å²) in [7, 11) is 0. The molecule has 0 saturated heterocycles. The smallest absolute Gasteiger partial charge is 0.162 e. The van der Waals surface area contributed by atoms with E-state index in [2.05, 4.69) is 23.8 Å². The highest BCUT2D eigenvalue weighted by atomic mass is 15.0. The Morgan fingerprint density at radius 2 is 1.53 bits per heavy atom. The van der Waals surface area contributed by atoms with Crippen LogP contribution >= 0.6 is 0 Å². The van der Waals surface area contributed by atoms with Crippen molar-refractivity contribution in [2.75, 3.05) is 5.73 Å². The maximum absolute atomic E-state index is 6.59. The van der Waals surface area contributed by atoms with Crippen LogP contribution in [0.15, 0.2) is 36.9 Å². The maximum atomic E-state index is 6.59. The van der Waals surface area contributed by atoms with Gasteiger partial charge in [-0.1, -0.05) is 13.8 Å². The minimum absolute atomic E-state index is 0.00875. The van der Waals surface area contributed by atoms with Gasteiger partial charge in [0.05, 0.1) is 11.7 Å². The predicted molar refractivity (Wildman–Crippen MR) is 119 cm³/mol. The zero-order valence-electron chi connectivity index (χ0n) is 17.8. The molecule has 0 aromatic carbocycles. The summed E-state index contributed by atoms with van der Waals surface area (Å²) in [5.74, 6) is 3.91. The van der Waals surface area contributed by atoms with Crippen molar-refractivity contribution in [1.82, 2.24) is 19.9 Å². The summed E-state index contributed by atoms with van der Waals surface area (Å²) in [6.45, 7) is 4.85. The molecule has 4 bridgehead atoms. The first kappa shape index (κ1) is 18.2. The molecule has 5 nitrogen and oxygen atoms in total. The lowest BCUT2D eigenvalue weighted by molar-refractivity contribution is -0.0916. The molecule has 0 amide bonds. The zero-order chi connectivity index (χ0) is 20.5. The molecule has 4 fully saturated rings. The minimum atomic E-state index is -0.00875. The third-order valence-corrected chi connectivity index (χ3v) is 8.61. The Morgan fingerprint density at radius 3 is 2.17 bits per heavy atom. The minimum Gasteiger partial charge on any atom is -0.383 e. The molecule has 0 spiro atoms. The van der Waals surface area contributed by atoms with Crippen LogP contribution in [-0.4, -0.2) is 19.9 Å². The lowest BCUT2D eigenvalue weighted by atomic mass is 9.42. The van der Waals surface area contributed by atoms with E-state index in [0.29, 0.717) is 17.1 Å². The Kier molecular flexibility index (Phi) is 3.78. The molecule has 5 heteroatoms. The molecule has 0 aliphatic heterocycles. The van der Waals surface area contributed by atoms with Crippen molar-refractivity contribution < 1.29 is 0 Å². The number of aromatic nitrogens is 4. The predicted octanol–water partition coefficient (Wildman–Crippen LogP) is 5.16. The van der Waals surface area contributed by atoms with Crippen LogP contribution in [0, 0.1) is 23.2 Å². The average Bonchev–Trinajstić information content (AvgIpc) is 2.73. The SMILES string of the molecule is CC(C)(c1cncc2nc(-c3ccncc3)nc(N)c12)C12CC3CC(CC(C3)C1)C2. The zero-order valence-corrected chi connectivity index (χ0v) is 17.8. The van der Waals surface area contributed by atoms with Crippen LogP contribution < -0.4 is 5.73 Å². The van der Waals surface area contributed by atoms with E-state index in [1.165, 1.54) is 44.1 Å². The van der Waals surface area contributed by atoms with Crippen LogP contribution in [0.25, 0.3) is 22.3 Å². The summed E-state index contributed by atoms with van der Waals surface area (Å²) in [5.41, 5.74) is 9.90. The van der Waals surface area contributed by atoms with Gasteiger partial charge in [-0.15, -0.1) is 0 Å². The Morgan fingerprint density at radius 1 is 0.900 bits per heavy atom. The number of hydrogen-bond donors (Lipinski definition) is 1. The summed E-state index contributed by atoms with van der Waals surface area (Å²) in [6.07, 6.45) is 15.8. The van der Waals surface area contributed by atoms with Gasteiger partial charge in [0, 0.05) is 29.5 Å². The number of nitrogens with two attached hydrogens (primary N) is 1. The van der Waals surface area contributed by atoms with Crippen LogP contribution in [0.4, 0.5) is 5.82 Å². The van der Waals surface area contributed by atoms with Gasteiger partial charge in [-0.05, 0) is 84.8 Å². The van der Waals surface area contributed by atoms with Crippen LogP contribution in [-0.2, 0) is 5.41 Å². The normalized spacial score (nSPS) is 30.1. The van der Waals surface area contributed by atoms with Gasteiger partial charge >= 0.3 is 0 Å². The average molecular weight is 400 g/mol. The number of nitrogens with zero attached hydrogens (tertiary/aromatic N) is 4.